The number of carboxylic acids is 1. The molecule has 3 amide bonds. The molecule has 5 unspecified atom stereocenters. The first-order chi connectivity index (χ1) is 16.5. The van der Waals surface area contributed by atoms with E-state index >= 15 is 0 Å². The molecule has 1 rings (SSSR count). The second kappa shape index (κ2) is 14.5. The van der Waals surface area contributed by atoms with Crippen LogP contribution in [0.3, 0.4) is 0 Å². The van der Waals surface area contributed by atoms with Crippen LogP contribution in [0.1, 0.15) is 25.5 Å². The van der Waals surface area contributed by atoms with E-state index in [-0.39, 0.29) is 31.8 Å². The van der Waals surface area contributed by atoms with Crippen molar-refractivity contribution in [2.75, 3.05) is 13.2 Å². The van der Waals surface area contributed by atoms with Crippen molar-refractivity contribution in [1.29, 1.82) is 0 Å². The van der Waals surface area contributed by atoms with Crippen molar-refractivity contribution in [3.05, 3.63) is 18.2 Å². The average Bonchev–Trinajstić information content (AvgIpc) is 3.29. The van der Waals surface area contributed by atoms with Crippen LogP contribution in [0.25, 0.3) is 0 Å². The maximum absolute atomic E-state index is 12.9. The maximum atomic E-state index is 12.9. The van der Waals surface area contributed by atoms with E-state index < -0.39 is 60.6 Å². The number of aromatic nitrogens is 2. The molecule has 0 aliphatic carbocycles. The number of aromatic amines is 1. The van der Waals surface area contributed by atoms with Gasteiger partial charge in [0, 0.05) is 24.9 Å². The van der Waals surface area contributed by atoms with Crippen LogP contribution in [0, 0.1) is 0 Å². The van der Waals surface area contributed by atoms with Gasteiger partial charge >= 0.3 is 5.97 Å². The van der Waals surface area contributed by atoms with E-state index in [9.17, 15) is 24.3 Å². The third kappa shape index (κ3) is 10.4. The van der Waals surface area contributed by atoms with Crippen LogP contribution in [0.5, 0.6) is 0 Å². The Morgan fingerprint density at radius 1 is 1.11 bits per heavy atom. The van der Waals surface area contributed by atoms with Crippen LogP contribution in [0.4, 0.5) is 0 Å². The summed E-state index contributed by atoms with van der Waals surface area (Å²) in [5.74, 6) is -4.21. The summed E-state index contributed by atoms with van der Waals surface area (Å²) in [6.45, 7) is 0.449. The predicted molar refractivity (Wildman–Crippen MR) is 122 cm³/mol. The highest BCUT2D eigenvalue weighted by molar-refractivity contribution is 5.94. The topological polar surface area (TPSA) is 284 Å². The van der Waals surface area contributed by atoms with Crippen molar-refractivity contribution in [1.82, 2.24) is 25.9 Å². The Bertz CT molecular complexity index is 872. The largest absolute Gasteiger partial charge is 0.480 e. The third-order valence-corrected chi connectivity index (χ3v) is 4.77. The number of aliphatic imine (C=N–C) groups is 1. The number of nitrogens with one attached hydrogen (secondary N) is 4. The van der Waals surface area contributed by atoms with Crippen molar-refractivity contribution < 1.29 is 34.5 Å². The number of nitrogens with zero attached hydrogens (tertiary/aromatic N) is 2. The summed E-state index contributed by atoms with van der Waals surface area (Å²) in [6.07, 6.45) is 1.91. The number of hydrogen-bond acceptors (Lipinski definition) is 9. The Morgan fingerprint density at radius 2 is 1.77 bits per heavy atom. The molecule has 16 nitrogen and oxygen atoms in total. The molecule has 35 heavy (non-hydrogen) atoms. The van der Waals surface area contributed by atoms with Crippen molar-refractivity contribution in [2.45, 2.75) is 56.5 Å². The Kier molecular flexibility index (Phi) is 12.1. The number of guanidine groups is 1. The lowest BCUT2D eigenvalue weighted by molar-refractivity contribution is -0.144. The molecule has 1 aromatic rings. The van der Waals surface area contributed by atoms with Crippen molar-refractivity contribution in [2.24, 2.45) is 22.2 Å². The minimum Gasteiger partial charge on any atom is -0.480 e. The molecule has 16 heteroatoms. The summed E-state index contributed by atoms with van der Waals surface area (Å²) in [6, 6.07) is -5.44. The zero-order valence-electron chi connectivity index (χ0n) is 19.2. The summed E-state index contributed by atoms with van der Waals surface area (Å²) in [5.41, 5.74) is 17.1. The van der Waals surface area contributed by atoms with E-state index in [4.69, 9.17) is 27.4 Å². The summed E-state index contributed by atoms with van der Waals surface area (Å²) in [4.78, 5) is 59.5. The number of imidazole rings is 1. The van der Waals surface area contributed by atoms with E-state index in [0.717, 1.165) is 0 Å². The molecule has 0 aliphatic heterocycles. The number of carboxylic acid groups (broad SMARTS) is 1. The Balaban J connectivity index is 2.93. The van der Waals surface area contributed by atoms with Crippen LogP contribution < -0.4 is 33.2 Å². The van der Waals surface area contributed by atoms with Crippen LogP contribution in [0.15, 0.2) is 17.5 Å². The number of hydrogen-bond donors (Lipinski definition) is 10. The molecule has 0 saturated heterocycles. The number of carbonyl (C=O) groups is 4. The minimum atomic E-state index is -1.64. The van der Waals surface area contributed by atoms with Gasteiger partial charge in [-0.15, -0.1) is 0 Å². The SMILES string of the molecule is CC(O)C(NC(=O)C(CCCN=C(N)N)NC(=O)C(N)Cc1cnc[nH]1)C(=O)NC(CO)C(=O)O. The van der Waals surface area contributed by atoms with E-state index in [2.05, 4.69) is 25.6 Å². The zero-order valence-corrected chi connectivity index (χ0v) is 19.2. The zero-order chi connectivity index (χ0) is 26.5. The Morgan fingerprint density at radius 3 is 2.29 bits per heavy atom. The number of carbonyl (C=O) groups excluding carboxylic acids is 3. The fourth-order valence-electron chi connectivity index (χ4n) is 2.88. The second-order valence-corrected chi connectivity index (χ2v) is 7.71. The highest BCUT2D eigenvalue weighted by Crippen LogP contribution is 2.04. The molecule has 0 saturated carbocycles. The number of aliphatic hydroxyl groups excluding tert-OH is 2. The van der Waals surface area contributed by atoms with Crippen molar-refractivity contribution >= 4 is 29.7 Å². The van der Waals surface area contributed by atoms with Gasteiger partial charge in [0.1, 0.15) is 18.1 Å². The first-order valence-electron chi connectivity index (χ1n) is 10.7. The molecule has 5 atom stereocenters. The first-order valence-corrected chi connectivity index (χ1v) is 10.7. The minimum absolute atomic E-state index is 0.0493. The molecule has 196 valence electrons. The van der Waals surface area contributed by atoms with E-state index in [0.29, 0.717) is 5.69 Å². The Labute approximate surface area is 200 Å². The number of aliphatic hydroxyl groups is 2. The molecular formula is C19H33N9O7. The number of amides is 3. The quantitative estimate of drug-likeness (QED) is 0.0620. The van der Waals surface area contributed by atoms with Gasteiger partial charge in [-0.1, -0.05) is 0 Å². The molecular weight excluding hydrogens is 466 g/mol. The normalized spacial score (nSPS) is 15.1. The van der Waals surface area contributed by atoms with Gasteiger partial charge in [-0.05, 0) is 19.8 Å². The molecule has 0 aromatic carbocycles. The molecule has 1 aromatic heterocycles. The van der Waals surface area contributed by atoms with Gasteiger partial charge in [-0.25, -0.2) is 9.78 Å². The van der Waals surface area contributed by atoms with E-state index in [1.165, 1.54) is 19.4 Å². The molecule has 0 bridgehead atoms. The predicted octanol–water partition coefficient (Wildman–Crippen LogP) is -4.75. The number of aliphatic carboxylic acids is 1. The van der Waals surface area contributed by atoms with Gasteiger partial charge in [-0.3, -0.25) is 19.4 Å². The lowest BCUT2D eigenvalue weighted by atomic mass is 10.1. The third-order valence-electron chi connectivity index (χ3n) is 4.77. The highest BCUT2D eigenvalue weighted by atomic mass is 16.4. The number of nitrogens with two attached hydrogens (primary N) is 3. The first kappa shape index (κ1) is 29.3. The smallest absolute Gasteiger partial charge is 0.328 e. The molecule has 0 radical (unpaired) electrons. The lowest BCUT2D eigenvalue weighted by Gasteiger charge is -2.26. The molecule has 1 heterocycles. The Hall–Kier alpha value is -3.76. The van der Waals surface area contributed by atoms with Gasteiger partial charge in [0.25, 0.3) is 0 Å². The van der Waals surface area contributed by atoms with Gasteiger partial charge in [0.15, 0.2) is 5.96 Å². The van der Waals surface area contributed by atoms with Crippen LogP contribution in [-0.4, -0.2) is 98.4 Å². The lowest BCUT2D eigenvalue weighted by Crippen LogP contribution is -2.60. The standard InChI is InChI=1S/C19H33N9O7/c1-9(30)14(17(33)27-13(7-29)18(34)35)28-16(32)12(3-2-4-24-19(21)22)26-15(31)11(20)5-10-6-23-8-25-10/h6,8-9,11-14,29-30H,2-5,7,20H2,1H3,(H,23,25)(H,26,31)(H,27,33)(H,28,32)(H,34,35)(H4,21,22,24). The molecule has 0 aliphatic rings. The molecule has 0 spiro atoms. The van der Waals surface area contributed by atoms with Gasteiger partial charge < -0.3 is 53.5 Å². The van der Waals surface area contributed by atoms with Crippen LogP contribution in [0.2, 0.25) is 0 Å². The highest BCUT2D eigenvalue weighted by Gasteiger charge is 2.32. The second-order valence-electron chi connectivity index (χ2n) is 7.71. The summed E-state index contributed by atoms with van der Waals surface area (Å²) in [7, 11) is 0. The summed E-state index contributed by atoms with van der Waals surface area (Å²) < 4.78 is 0. The molecule has 0 fully saturated rings. The fraction of sp³-hybridized carbons (Fsp3) is 0.579. The van der Waals surface area contributed by atoms with E-state index in [1.807, 2.05) is 5.32 Å². The average molecular weight is 500 g/mol. The van der Waals surface area contributed by atoms with E-state index in [1.54, 1.807) is 0 Å². The summed E-state index contributed by atoms with van der Waals surface area (Å²) >= 11 is 0. The molecule has 13 N–H and O–H groups in total. The number of H-pyrrole nitrogens is 1. The maximum Gasteiger partial charge on any atom is 0.328 e. The van der Waals surface area contributed by atoms with Crippen LogP contribution in [-0.2, 0) is 25.6 Å². The van der Waals surface area contributed by atoms with Gasteiger partial charge in [-0.2, -0.15) is 0 Å². The number of rotatable bonds is 15. The monoisotopic (exact) mass is 499 g/mol. The van der Waals surface area contributed by atoms with Gasteiger partial charge in [0.05, 0.1) is 25.1 Å². The van der Waals surface area contributed by atoms with Crippen LogP contribution >= 0.6 is 0 Å². The summed E-state index contributed by atoms with van der Waals surface area (Å²) in [5, 5.41) is 34.9. The van der Waals surface area contributed by atoms with Crippen molar-refractivity contribution in [3.8, 4) is 0 Å². The van der Waals surface area contributed by atoms with Gasteiger partial charge in [0.2, 0.25) is 17.7 Å². The van der Waals surface area contributed by atoms with Crippen molar-refractivity contribution in [3.63, 3.8) is 0 Å². The fourth-order valence-corrected chi connectivity index (χ4v) is 2.88.